The number of aromatic nitrogens is 1. The van der Waals surface area contributed by atoms with Gasteiger partial charge in [0.15, 0.2) is 11.5 Å². The number of nitrogens with one attached hydrogen (secondary N) is 1. The third-order valence-electron chi connectivity index (χ3n) is 2.86. The van der Waals surface area contributed by atoms with Crippen molar-refractivity contribution in [3.05, 3.63) is 41.6 Å². The molecule has 1 aromatic heterocycles. The molecule has 4 nitrogen and oxygen atoms in total. The Morgan fingerprint density at radius 2 is 2.25 bits per heavy atom. The molecule has 0 saturated carbocycles. The van der Waals surface area contributed by atoms with Gasteiger partial charge < -0.3 is 9.84 Å². The van der Waals surface area contributed by atoms with Crippen molar-refractivity contribution in [3.63, 3.8) is 0 Å². The quantitative estimate of drug-likeness (QED) is 0.830. The van der Waals surface area contributed by atoms with Crippen LogP contribution < -0.4 is 5.32 Å². The number of thioether (sulfide) groups is 1. The van der Waals surface area contributed by atoms with E-state index in [1.807, 2.05) is 37.4 Å². The molecule has 0 atom stereocenters. The Kier molecular flexibility index (Phi) is 5.24. The van der Waals surface area contributed by atoms with Gasteiger partial charge in [-0.05, 0) is 31.4 Å². The van der Waals surface area contributed by atoms with Gasteiger partial charge in [0.2, 0.25) is 0 Å². The average molecular weight is 290 g/mol. The van der Waals surface area contributed by atoms with E-state index < -0.39 is 0 Å². The zero-order valence-corrected chi connectivity index (χ0v) is 12.5. The lowest BCUT2D eigenvalue weighted by Crippen LogP contribution is -2.25. The lowest BCUT2D eigenvalue weighted by molar-refractivity contribution is 0.0945. The highest BCUT2D eigenvalue weighted by atomic mass is 32.2. The number of hydrogen-bond acceptors (Lipinski definition) is 4. The van der Waals surface area contributed by atoms with Gasteiger partial charge in [0.1, 0.15) is 0 Å². The van der Waals surface area contributed by atoms with Crippen molar-refractivity contribution in [3.8, 4) is 11.3 Å². The molecule has 0 spiro atoms. The minimum absolute atomic E-state index is 0.186. The molecule has 0 saturated heterocycles. The van der Waals surface area contributed by atoms with Crippen LogP contribution in [0.2, 0.25) is 0 Å². The standard InChI is InChI=1S/C15H18N2O2S/c1-11-5-3-6-12(9-11)14-10-13(17-19-14)15(18)16-7-4-8-20-2/h3,5-6,9-10H,4,7-8H2,1-2H3,(H,16,18). The Morgan fingerprint density at radius 3 is 3.00 bits per heavy atom. The van der Waals surface area contributed by atoms with Gasteiger partial charge in [0, 0.05) is 18.2 Å². The van der Waals surface area contributed by atoms with Crippen LogP contribution in [0.25, 0.3) is 11.3 Å². The van der Waals surface area contributed by atoms with Gasteiger partial charge in [-0.3, -0.25) is 4.79 Å². The summed E-state index contributed by atoms with van der Waals surface area (Å²) in [5.74, 6) is 1.46. The molecular weight excluding hydrogens is 272 g/mol. The van der Waals surface area contributed by atoms with E-state index in [0.717, 1.165) is 23.3 Å². The van der Waals surface area contributed by atoms with Crippen LogP contribution in [0, 0.1) is 6.92 Å². The molecule has 0 aliphatic carbocycles. The maximum absolute atomic E-state index is 11.9. The Morgan fingerprint density at radius 1 is 1.40 bits per heavy atom. The fraction of sp³-hybridized carbons (Fsp3) is 0.333. The molecule has 106 valence electrons. The van der Waals surface area contributed by atoms with E-state index in [9.17, 15) is 4.79 Å². The number of amides is 1. The van der Waals surface area contributed by atoms with E-state index >= 15 is 0 Å². The number of hydrogen-bond donors (Lipinski definition) is 1. The summed E-state index contributed by atoms with van der Waals surface area (Å²) >= 11 is 1.77. The lowest BCUT2D eigenvalue weighted by Gasteiger charge is -2.00. The number of benzene rings is 1. The maximum atomic E-state index is 11.9. The second-order valence-electron chi connectivity index (χ2n) is 4.55. The average Bonchev–Trinajstić information content (AvgIpc) is 2.93. The molecular formula is C15H18N2O2S. The van der Waals surface area contributed by atoms with Crippen LogP contribution in [0.15, 0.2) is 34.9 Å². The molecule has 0 aliphatic rings. The van der Waals surface area contributed by atoms with E-state index in [0.29, 0.717) is 18.0 Å². The predicted octanol–water partition coefficient (Wildman–Crippen LogP) is 3.13. The summed E-state index contributed by atoms with van der Waals surface area (Å²) in [6.07, 6.45) is 3.00. The van der Waals surface area contributed by atoms with Crippen LogP contribution in [0.5, 0.6) is 0 Å². The van der Waals surface area contributed by atoms with Gasteiger partial charge in [-0.2, -0.15) is 11.8 Å². The molecule has 2 aromatic rings. The lowest BCUT2D eigenvalue weighted by atomic mass is 10.1. The van der Waals surface area contributed by atoms with Crippen LogP contribution in [-0.2, 0) is 0 Å². The van der Waals surface area contributed by atoms with Gasteiger partial charge in [-0.15, -0.1) is 0 Å². The van der Waals surface area contributed by atoms with Crippen LogP contribution in [0.4, 0.5) is 0 Å². The van der Waals surface area contributed by atoms with Crippen molar-refractivity contribution >= 4 is 17.7 Å². The molecule has 20 heavy (non-hydrogen) atoms. The van der Waals surface area contributed by atoms with Gasteiger partial charge in [-0.1, -0.05) is 28.9 Å². The van der Waals surface area contributed by atoms with Crippen molar-refractivity contribution in [2.45, 2.75) is 13.3 Å². The van der Waals surface area contributed by atoms with Crippen molar-refractivity contribution in [1.82, 2.24) is 10.5 Å². The van der Waals surface area contributed by atoms with E-state index in [4.69, 9.17) is 4.52 Å². The van der Waals surface area contributed by atoms with E-state index in [-0.39, 0.29) is 5.91 Å². The molecule has 1 aromatic carbocycles. The number of rotatable bonds is 6. The first-order valence-electron chi connectivity index (χ1n) is 6.51. The van der Waals surface area contributed by atoms with Crippen LogP contribution in [-0.4, -0.2) is 29.6 Å². The first-order chi connectivity index (χ1) is 9.70. The summed E-state index contributed by atoms with van der Waals surface area (Å²) < 4.78 is 5.24. The van der Waals surface area contributed by atoms with Crippen LogP contribution in [0.1, 0.15) is 22.5 Å². The Balaban J connectivity index is 2.00. The fourth-order valence-corrected chi connectivity index (χ4v) is 2.26. The van der Waals surface area contributed by atoms with Gasteiger partial charge in [-0.25, -0.2) is 0 Å². The summed E-state index contributed by atoms with van der Waals surface area (Å²) in [5.41, 5.74) is 2.39. The van der Waals surface area contributed by atoms with E-state index in [2.05, 4.69) is 10.5 Å². The molecule has 0 unspecified atom stereocenters. The number of carbonyl (C=O) groups is 1. The van der Waals surface area contributed by atoms with E-state index in [1.54, 1.807) is 17.8 Å². The molecule has 0 aliphatic heterocycles. The number of nitrogens with zero attached hydrogens (tertiary/aromatic N) is 1. The first kappa shape index (κ1) is 14.7. The molecule has 1 amide bonds. The zero-order chi connectivity index (χ0) is 14.4. The van der Waals surface area contributed by atoms with E-state index in [1.165, 1.54) is 0 Å². The van der Waals surface area contributed by atoms with Crippen molar-refractivity contribution < 1.29 is 9.32 Å². The van der Waals surface area contributed by atoms with Crippen LogP contribution >= 0.6 is 11.8 Å². The van der Waals surface area contributed by atoms with Crippen molar-refractivity contribution in [2.75, 3.05) is 18.6 Å². The van der Waals surface area contributed by atoms with Gasteiger partial charge >= 0.3 is 0 Å². The summed E-state index contributed by atoms with van der Waals surface area (Å²) in [5, 5.41) is 6.66. The summed E-state index contributed by atoms with van der Waals surface area (Å²) in [6, 6.07) is 9.58. The molecule has 0 fully saturated rings. The molecule has 5 heteroatoms. The molecule has 0 bridgehead atoms. The SMILES string of the molecule is CSCCCNC(=O)c1cc(-c2cccc(C)c2)on1. The summed E-state index contributed by atoms with van der Waals surface area (Å²) in [7, 11) is 0. The smallest absolute Gasteiger partial charge is 0.273 e. The van der Waals surface area contributed by atoms with Gasteiger partial charge in [0.05, 0.1) is 0 Å². The largest absolute Gasteiger partial charge is 0.355 e. The second-order valence-corrected chi connectivity index (χ2v) is 5.53. The number of aryl methyl sites for hydroxylation is 1. The molecule has 2 rings (SSSR count). The second kappa shape index (κ2) is 7.14. The Bertz CT molecular complexity index is 581. The molecule has 0 radical (unpaired) electrons. The monoisotopic (exact) mass is 290 g/mol. The van der Waals surface area contributed by atoms with Crippen LogP contribution in [0.3, 0.4) is 0 Å². The zero-order valence-electron chi connectivity index (χ0n) is 11.7. The fourth-order valence-electron chi connectivity index (χ4n) is 1.83. The highest BCUT2D eigenvalue weighted by Gasteiger charge is 2.13. The maximum Gasteiger partial charge on any atom is 0.273 e. The van der Waals surface area contributed by atoms with Crippen molar-refractivity contribution in [2.24, 2.45) is 0 Å². The highest BCUT2D eigenvalue weighted by Crippen LogP contribution is 2.21. The summed E-state index contributed by atoms with van der Waals surface area (Å²) in [6.45, 7) is 2.67. The topological polar surface area (TPSA) is 55.1 Å². The predicted molar refractivity (Wildman–Crippen MR) is 82.0 cm³/mol. The Hall–Kier alpha value is -1.75. The third-order valence-corrected chi connectivity index (χ3v) is 3.55. The molecule has 1 N–H and O–H groups in total. The van der Waals surface area contributed by atoms with Gasteiger partial charge in [0.25, 0.3) is 5.91 Å². The molecule has 1 heterocycles. The highest BCUT2D eigenvalue weighted by molar-refractivity contribution is 7.98. The third kappa shape index (κ3) is 3.87. The minimum atomic E-state index is -0.186. The summed E-state index contributed by atoms with van der Waals surface area (Å²) in [4.78, 5) is 11.9. The number of carbonyl (C=O) groups excluding carboxylic acids is 1. The minimum Gasteiger partial charge on any atom is -0.355 e. The van der Waals surface area contributed by atoms with Crippen molar-refractivity contribution in [1.29, 1.82) is 0 Å². The normalized spacial score (nSPS) is 10.5. The first-order valence-corrected chi connectivity index (χ1v) is 7.91. The Labute approximate surface area is 122 Å².